The van der Waals surface area contributed by atoms with Gasteiger partial charge in [0.2, 0.25) is 11.8 Å². The van der Waals surface area contributed by atoms with Gasteiger partial charge in [-0.1, -0.05) is 108 Å². The summed E-state index contributed by atoms with van der Waals surface area (Å²) in [6.07, 6.45) is 14.8. The van der Waals surface area contributed by atoms with Gasteiger partial charge in [-0.2, -0.15) is 0 Å². The molecule has 9 heteroatoms. The molecule has 1 aromatic carbocycles. The molecular weight excluding hydrogens is 570 g/mol. The second kappa shape index (κ2) is 22.7. The molecule has 0 aliphatic heterocycles. The molecule has 0 saturated heterocycles. The summed E-state index contributed by atoms with van der Waals surface area (Å²) in [5.41, 5.74) is 6.38. The van der Waals surface area contributed by atoms with Gasteiger partial charge < -0.3 is 15.2 Å². The fourth-order valence-electron chi connectivity index (χ4n) is 5.35. The van der Waals surface area contributed by atoms with Crippen molar-refractivity contribution < 1.29 is 28.7 Å². The lowest BCUT2D eigenvalue weighted by molar-refractivity contribution is -0.154. The number of nitrogens with zero attached hydrogens (tertiary/aromatic N) is 2. The van der Waals surface area contributed by atoms with Crippen LogP contribution in [0.1, 0.15) is 122 Å². The Morgan fingerprint density at radius 1 is 0.800 bits per heavy atom. The third kappa shape index (κ3) is 16.2. The number of carbonyl (C=O) groups is 4. The molecule has 0 radical (unpaired) electrons. The standard InChI is InChI=1S/C36H53N3O6/c1-3-4-5-6-7-8-9-10-11-12-16-22-31(27-33(37)41)45-36(43)32(39(29(2)40)34-24-17-18-26-38-34)23-19-25-35(42)44-28-30-20-14-13-15-21-30/h13-15,17-18,20-21,24,26,31-32H,3-12,16,19,22-23,25,27-28H2,1-2H3,(H2,37,41)/t31-,32-/m0/s1. The Balaban J connectivity index is 1.96. The Hall–Kier alpha value is -3.75. The van der Waals surface area contributed by atoms with Gasteiger partial charge in [-0.15, -0.1) is 0 Å². The van der Waals surface area contributed by atoms with Crippen LogP contribution >= 0.6 is 0 Å². The molecule has 2 rings (SSSR count). The summed E-state index contributed by atoms with van der Waals surface area (Å²) in [5.74, 6) is -1.69. The largest absolute Gasteiger partial charge is 0.461 e. The van der Waals surface area contributed by atoms with Crippen LogP contribution in [0.5, 0.6) is 0 Å². The molecule has 1 aromatic heterocycles. The number of hydrogen-bond donors (Lipinski definition) is 1. The van der Waals surface area contributed by atoms with Crippen molar-refractivity contribution in [3.8, 4) is 0 Å². The SMILES string of the molecule is CCCCCCCCCCCCC[C@@H](CC(N)=O)OC(=O)[C@H](CCCC(=O)OCc1ccccc1)N(C(C)=O)c1ccccn1. The van der Waals surface area contributed by atoms with Gasteiger partial charge >= 0.3 is 11.9 Å². The van der Waals surface area contributed by atoms with E-state index in [1.165, 1.54) is 69.4 Å². The smallest absolute Gasteiger partial charge is 0.329 e. The minimum atomic E-state index is -1.04. The van der Waals surface area contributed by atoms with Crippen molar-refractivity contribution in [3.05, 3.63) is 60.3 Å². The molecule has 2 atom stereocenters. The number of primary amides is 1. The zero-order valence-electron chi connectivity index (χ0n) is 27.3. The highest BCUT2D eigenvalue weighted by molar-refractivity contribution is 5.97. The van der Waals surface area contributed by atoms with E-state index in [1.807, 2.05) is 30.3 Å². The lowest BCUT2D eigenvalue weighted by Crippen LogP contribution is -2.47. The quantitative estimate of drug-likeness (QED) is 0.0967. The summed E-state index contributed by atoms with van der Waals surface area (Å²) >= 11 is 0. The molecule has 0 bridgehead atoms. The number of nitrogens with two attached hydrogens (primary N) is 1. The zero-order valence-corrected chi connectivity index (χ0v) is 27.3. The molecule has 9 nitrogen and oxygen atoms in total. The van der Waals surface area contributed by atoms with Gasteiger partial charge in [0.15, 0.2) is 0 Å². The number of pyridine rings is 1. The summed E-state index contributed by atoms with van der Waals surface area (Å²) in [6.45, 7) is 3.74. The van der Waals surface area contributed by atoms with E-state index in [9.17, 15) is 19.2 Å². The Morgan fingerprint density at radius 3 is 2.00 bits per heavy atom. The third-order valence-electron chi connectivity index (χ3n) is 7.76. The van der Waals surface area contributed by atoms with Gasteiger partial charge in [-0.3, -0.25) is 19.3 Å². The number of unbranched alkanes of at least 4 members (excludes halogenated alkanes) is 10. The van der Waals surface area contributed by atoms with E-state index in [1.54, 1.807) is 18.2 Å². The van der Waals surface area contributed by atoms with Gasteiger partial charge in [0.1, 0.15) is 24.6 Å². The molecule has 0 aliphatic carbocycles. The minimum absolute atomic E-state index is 0.0635. The number of carbonyl (C=O) groups excluding carboxylic acids is 4. The molecule has 0 spiro atoms. The number of esters is 2. The molecule has 0 saturated carbocycles. The molecular formula is C36H53N3O6. The van der Waals surface area contributed by atoms with Crippen LogP contribution in [-0.2, 0) is 35.3 Å². The average molecular weight is 624 g/mol. The molecule has 0 aliphatic rings. The molecule has 2 N–H and O–H groups in total. The highest BCUT2D eigenvalue weighted by Crippen LogP contribution is 2.22. The van der Waals surface area contributed by atoms with E-state index in [2.05, 4.69) is 11.9 Å². The normalized spacial score (nSPS) is 12.2. The first kappa shape index (κ1) is 37.4. The number of amides is 2. The molecule has 2 aromatic rings. The van der Waals surface area contributed by atoms with Gasteiger partial charge in [0.25, 0.3) is 0 Å². The van der Waals surface area contributed by atoms with Crippen molar-refractivity contribution in [1.82, 2.24) is 4.98 Å². The van der Waals surface area contributed by atoms with Gasteiger partial charge in [-0.05, 0) is 43.4 Å². The van der Waals surface area contributed by atoms with Gasteiger partial charge in [0, 0.05) is 19.5 Å². The molecule has 0 fully saturated rings. The zero-order chi connectivity index (χ0) is 32.7. The van der Waals surface area contributed by atoms with Crippen LogP contribution in [0.2, 0.25) is 0 Å². The lowest BCUT2D eigenvalue weighted by atomic mass is 10.0. The van der Waals surface area contributed by atoms with Crippen molar-refractivity contribution in [2.75, 3.05) is 4.90 Å². The highest BCUT2D eigenvalue weighted by atomic mass is 16.5. The summed E-state index contributed by atoms with van der Waals surface area (Å²) in [6, 6.07) is 13.4. The summed E-state index contributed by atoms with van der Waals surface area (Å²) in [7, 11) is 0. The van der Waals surface area contributed by atoms with Crippen LogP contribution in [-0.4, -0.2) is 40.9 Å². The van der Waals surface area contributed by atoms with E-state index in [-0.39, 0.29) is 38.2 Å². The molecule has 0 unspecified atom stereocenters. The first-order valence-electron chi connectivity index (χ1n) is 16.7. The van der Waals surface area contributed by atoms with Crippen LogP contribution in [0.25, 0.3) is 0 Å². The van der Waals surface area contributed by atoms with E-state index in [0.29, 0.717) is 12.2 Å². The number of aromatic nitrogens is 1. The monoisotopic (exact) mass is 623 g/mol. The van der Waals surface area contributed by atoms with Crippen molar-refractivity contribution in [1.29, 1.82) is 0 Å². The van der Waals surface area contributed by atoms with Crippen molar-refractivity contribution in [3.63, 3.8) is 0 Å². The minimum Gasteiger partial charge on any atom is -0.461 e. The first-order chi connectivity index (χ1) is 21.8. The van der Waals surface area contributed by atoms with E-state index < -0.39 is 30.0 Å². The van der Waals surface area contributed by atoms with Crippen LogP contribution in [0.4, 0.5) is 5.82 Å². The van der Waals surface area contributed by atoms with Gasteiger partial charge in [-0.25, -0.2) is 9.78 Å². The van der Waals surface area contributed by atoms with Crippen molar-refractivity contribution in [2.45, 2.75) is 135 Å². The fraction of sp³-hybridized carbons (Fsp3) is 0.583. The van der Waals surface area contributed by atoms with Gasteiger partial charge in [0.05, 0.1) is 6.42 Å². The summed E-state index contributed by atoms with van der Waals surface area (Å²) in [4.78, 5) is 56.3. The predicted molar refractivity (Wildman–Crippen MR) is 176 cm³/mol. The van der Waals surface area contributed by atoms with E-state index >= 15 is 0 Å². The number of ether oxygens (including phenoxy) is 2. The molecule has 2 amide bonds. The molecule has 1 heterocycles. The van der Waals surface area contributed by atoms with Crippen molar-refractivity contribution in [2.24, 2.45) is 5.73 Å². The Kier molecular flexibility index (Phi) is 18.9. The predicted octanol–water partition coefficient (Wildman–Crippen LogP) is 7.21. The maximum Gasteiger partial charge on any atom is 0.329 e. The number of hydrogen-bond acceptors (Lipinski definition) is 7. The van der Waals surface area contributed by atoms with Crippen molar-refractivity contribution >= 4 is 29.6 Å². The number of benzene rings is 1. The van der Waals surface area contributed by atoms with Crippen LogP contribution in [0.3, 0.4) is 0 Å². The Labute approximate surface area is 269 Å². The number of rotatable bonds is 24. The molecule has 248 valence electrons. The topological polar surface area (TPSA) is 129 Å². The molecule has 45 heavy (non-hydrogen) atoms. The number of anilines is 1. The maximum absolute atomic E-state index is 13.6. The van der Waals surface area contributed by atoms with Crippen LogP contribution < -0.4 is 10.6 Å². The third-order valence-corrected chi connectivity index (χ3v) is 7.76. The van der Waals surface area contributed by atoms with Crippen LogP contribution in [0.15, 0.2) is 54.7 Å². The second-order valence-corrected chi connectivity index (χ2v) is 11.7. The average Bonchev–Trinajstić information content (AvgIpc) is 3.02. The van der Waals surface area contributed by atoms with E-state index in [0.717, 1.165) is 24.8 Å². The summed E-state index contributed by atoms with van der Waals surface area (Å²) in [5, 5.41) is 0. The van der Waals surface area contributed by atoms with Crippen LogP contribution in [0, 0.1) is 0 Å². The summed E-state index contributed by atoms with van der Waals surface area (Å²) < 4.78 is 11.2. The van der Waals surface area contributed by atoms with E-state index in [4.69, 9.17) is 15.2 Å². The Bertz CT molecular complexity index is 1130. The maximum atomic E-state index is 13.6. The Morgan fingerprint density at radius 2 is 1.42 bits per heavy atom. The fourth-order valence-corrected chi connectivity index (χ4v) is 5.35. The first-order valence-corrected chi connectivity index (χ1v) is 16.7. The highest BCUT2D eigenvalue weighted by Gasteiger charge is 2.33. The second-order valence-electron chi connectivity index (χ2n) is 11.7. The lowest BCUT2D eigenvalue weighted by Gasteiger charge is -2.30.